The van der Waals surface area contributed by atoms with Gasteiger partial charge in [0.1, 0.15) is 12.6 Å². The van der Waals surface area contributed by atoms with Crippen molar-refractivity contribution in [3.8, 4) is 0 Å². The van der Waals surface area contributed by atoms with E-state index in [4.69, 9.17) is 23.2 Å². The van der Waals surface area contributed by atoms with E-state index in [0.29, 0.717) is 0 Å². The van der Waals surface area contributed by atoms with E-state index in [1.54, 1.807) is 25.1 Å². The Morgan fingerprint density at radius 3 is 2.22 bits per heavy atom. The molecule has 1 N–H and O–H groups in total. The molecule has 0 heterocycles. The van der Waals surface area contributed by atoms with E-state index in [1.165, 1.54) is 36.2 Å². The van der Waals surface area contributed by atoms with Crippen LogP contribution in [0.4, 0.5) is 5.69 Å². The fraction of sp³-hybridized carbons (Fsp3) is 0.259. The minimum Gasteiger partial charge on any atom is -0.357 e. The summed E-state index contributed by atoms with van der Waals surface area (Å²) >= 11 is 12.6. The second kappa shape index (κ2) is 12.0. The lowest BCUT2D eigenvalue weighted by molar-refractivity contribution is -0.139. The van der Waals surface area contributed by atoms with Crippen molar-refractivity contribution in [2.75, 3.05) is 17.9 Å². The zero-order valence-corrected chi connectivity index (χ0v) is 23.4. The van der Waals surface area contributed by atoms with Gasteiger partial charge in [0.05, 0.1) is 20.6 Å². The summed E-state index contributed by atoms with van der Waals surface area (Å²) < 4.78 is 28.6. The molecule has 0 aliphatic heterocycles. The highest BCUT2D eigenvalue weighted by atomic mass is 35.5. The molecule has 0 unspecified atom stereocenters. The van der Waals surface area contributed by atoms with Gasteiger partial charge in [-0.25, -0.2) is 8.42 Å². The van der Waals surface area contributed by atoms with Crippen LogP contribution < -0.4 is 9.62 Å². The van der Waals surface area contributed by atoms with Gasteiger partial charge < -0.3 is 10.2 Å². The lowest BCUT2D eigenvalue weighted by atomic mass is 10.1. The summed E-state index contributed by atoms with van der Waals surface area (Å²) in [5.74, 6) is -0.957. The maximum Gasteiger partial charge on any atom is 0.264 e. The lowest BCUT2D eigenvalue weighted by Crippen LogP contribution is -2.50. The van der Waals surface area contributed by atoms with Gasteiger partial charge in [0, 0.05) is 13.6 Å². The van der Waals surface area contributed by atoms with Crippen molar-refractivity contribution in [3.63, 3.8) is 0 Å². The molecular formula is C27H29Cl2N3O4S. The first kappa shape index (κ1) is 28.5. The molecule has 3 rings (SSSR count). The highest BCUT2D eigenvalue weighted by Crippen LogP contribution is 2.35. The number of aryl methyl sites for hydroxylation is 2. The van der Waals surface area contributed by atoms with E-state index in [1.807, 2.05) is 38.1 Å². The Morgan fingerprint density at radius 1 is 0.946 bits per heavy atom. The predicted octanol–water partition coefficient (Wildman–Crippen LogP) is 4.97. The van der Waals surface area contributed by atoms with Crippen molar-refractivity contribution < 1.29 is 18.0 Å². The molecule has 1 atom stereocenters. The van der Waals surface area contributed by atoms with Gasteiger partial charge in [-0.2, -0.15) is 0 Å². The van der Waals surface area contributed by atoms with Crippen LogP contribution in [0.15, 0.2) is 71.6 Å². The number of nitrogens with zero attached hydrogens (tertiary/aromatic N) is 2. The van der Waals surface area contributed by atoms with Crippen molar-refractivity contribution in [2.24, 2.45) is 0 Å². The van der Waals surface area contributed by atoms with Crippen LogP contribution >= 0.6 is 23.2 Å². The van der Waals surface area contributed by atoms with Crippen molar-refractivity contribution in [2.45, 2.75) is 38.3 Å². The molecule has 3 aromatic carbocycles. The predicted molar refractivity (Wildman–Crippen MR) is 147 cm³/mol. The Bertz CT molecular complexity index is 1400. The fourth-order valence-electron chi connectivity index (χ4n) is 3.80. The molecule has 0 saturated carbocycles. The second-order valence-electron chi connectivity index (χ2n) is 8.64. The number of likely N-dealkylation sites (N-methyl/N-ethyl adjacent to an activating group) is 1. The van der Waals surface area contributed by atoms with Crippen LogP contribution in [0.1, 0.15) is 23.6 Å². The van der Waals surface area contributed by atoms with Crippen LogP contribution in [0.2, 0.25) is 10.0 Å². The number of anilines is 1. The maximum atomic E-state index is 13.8. The highest BCUT2D eigenvalue weighted by Gasteiger charge is 2.33. The lowest BCUT2D eigenvalue weighted by Gasteiger charge is -2.32. The summed E-state index contributed by atoms with van der Waals surface area (Å²) in [6, 6.07) is 17.5. The Kier molecular flexibility index (Phi) is 9.23. The average Bonchev–Trinajstić information content (AvgIpc) is 2.87. The molecule has 0 saturated heterocycles. The summed E-state index contributed by atoms with van der Waals surface area (Å²) in [4.78, 5) is 27.7. The first-order valence-corrected chi connectivity index (χ1v) is 13.8. The monoisotopic (exact) mass is 561 g/mol. The summed E-state index contributed by atoms with van der Waals surface area (Å²) in [7, 11) is -2.75. The number of hydrogen-bond donors (Lipinski definition) is 1. The van der Waals surface area contributed by atoms with Gasteiger partial charge in [0.25, 0.3) is 10.0 Å². The van der Waals surface area contributed by atoms with E-state index in [-0.39, 0.29) is 33.1 Å². The van der Waals surface area contributed by atoms with E-state index >= 15 is 0 Å². The Labute approximate surface area is 228 Å². The van der Waals surface area contributed by atoms with Gasteiger partial charge in [0.15, 0.2) is 0 Å². The molecule has 2 amide bonds. The topological polar surface area (TPSA) is 86.8 Å². The van der Waals surface area contributed by atoms with Crippen molar-refractivity contribution in [1.29, 1.82) is 0 Å². The zero-order valence-electron chi connectivity index (χ0n) is 21.0. The van der Waals surface area contributed by atoms with Crippen LogP contribution in [0.3, 0.4) is 0 Å². The summed E-state index contributed by atoms with van der Waals surface area (Å²) in [5.41, 5.74) is 2.71. The van der Waals surface area contributed by atoms with Gasteiger partial charge in [-0.1, -0.05) is 71.2 Å². The molecule has 196 valence electrons. The molecule has 0 aliphatic rings. The quantitative estimate of drug-likeness (QED) is 0.399. The number of sulfonamides is 1. The summed E-state index contributed by atoms with van der Waals surface area (Å²) in [6.45, 7) is 4.86. The third-order valence-corrected chi connectivity index (χ3v) is 8.69. The van der Waals surface area contributed by atoms with Crippen LogP contribution in [0.25, 0.3) is 0 Å². The van der Waals surface area contributed by atoms with E-state index in [9.17, 15) is 18.0 Å². The number of benzene rings is 3. The molecular weight excluding hydrogens is 533 g/mol. The standard InChI is InChI=1S/C27H29Cl2N3O4S/c1-18-12-14-22(15-13-18)37(35,36)32(24-11-7-10-23(28)26(24)29)17-25(33)31(20(3)27(34)30-4)16-21-9-6-5-8-19(21)2/h5-15,20H,16-17H2,1-4H3,(H,30,34)/t20-/m1/s1. The summed E-state index contributed by atoms with van der Waals surface area (Å²) in [6.07, 6.45) is 0. The van der Waals surface area contributed by atoms with Gasteiger partial charge in [-0.05, 0) is 56.2 Å². The number of hydrogen-bond acceptors (Lipinski definition) is 4. The molecule has 0 aliphatic carbocycles. The van der Waals surface area contributed by atoms with E-state index in [2.05, 4.69) is 5.32 Å². The zero-order chi connectivity index (χ0) is 27.3. The Morgan fingerprint density at radius 2 is 1.59 bits per heavy atom. The molecule has 0 bridgehead atoms. The van der Waals surface area contributed by atoms with E-state index < -0.39 is 28.5 Å². The number of rotatable bonds is 9. The number of halogens is 2. The first-order valence-electron chi connectivity index (χ1n) is 11.6. The first-order chi connectivity index (χ1) is 17.5. The minimum atomic E-state index is -4.23. The largest absolute Gasteiger partial charge is 0.357 e. The van der Waals surface area contributed by atoms with Crippen LogP contribution in [-0.2, 0) is 26.2 Å². The number of carbonyl (C=O) groups excluding carboxylic acids is 2. The third kappa shape index (κ3) is 6.44. The molecule has 0 fully saturated rings. The highest BCUT2D eigenvalue weighted by molar-refractivity contribution is 7.92. The Hall–Kier alpha value is -3.07. The molecule has 10 heteroatoms. The maximum absolute atomic E-state index is 13.8. The Balaban J connectivity index is 2.09. The normalized spacial score (nSPS) is 12.1. The molecule has 0 radical (unpaired) electrons. The molecule has 3 aromatic rings. The molecule has 0 spiro atoms. The minimum absolute atomic E-state index is 0.00235. The van der Waals surface area contributed by atoms with Gasteiger partial charge in [-0.3, -0.25) is 13.9 Å². The number of amides is 2. The fourth-order valence-corrected chi connectivity index (χ4v) is 5.67. The van der Waals surface area contributed by atoms with Crippen molar-refractivity contribution in [1.82, 2.24) is 10.2 Å². The second-order valence-corrected chi connectivity index (χ2v) is 11.3. The number of nitrogens with one attached hydrogen (secondary N) is 1. The van der Waals surface area contributed by atoms with Crippen LogP contribution in [0, 0.1) is 13.8 Å². The SMILES string of the molecule is CNC(=O)[C@@H](C)N(Cc1ccccc1C)C(=O)CN(c1cccc(Cl)c1Cl)S(=O)(=O)c1ccc(C)cc1. The molecule has 7 nitrogen and oxygen atoms in total. The van der Waals surface area contributed by atoms with Crippen molar-refractivity contribution >= 4 is 50.7 Å². The van der Waals surface area contributed by atoms with Crippen LogP contribution in [-0.4, -0.2) is 44.8 Å². The van der Waals surface area contributed by atoms with E-state index in [0.717, 1.165) is 21.0 Å². The van der Waals surface area contributed by atoms with Crippen molar-refractivity contribution in [3.05, 3.63) is 93.5 Å². The van der Waals surface area contributed by atoms with Gasteiger partial charge >= 0.3 is 0 Å². The smallest absolute Gasteiger partial charge is 0.264 e. The molecule has 37 heavy (non-hydrogen) atoms. The average molecular weight is 563 g/mol. The number of carbonyl (C=O) groups is 2. The van der Waals surface area contributed by atoms with Gasteiger partial charge in [-0.15, -0.1) is 0 Å². The third-order valence-electron chi connectivity index (χ3n) is 6.10. The van der Waals surface area contributed by atoms with Gasteiger partial charge in [0.2, 0.25) is 11.8 Å². The van der Waals surface area contributed by atoms with Crippen LogP contribution in [0.5, 0.6) is 0 Å². The molecule has 0 aromatic heterocycles. The summed E-state index contributed by atoms with van der Waals surface area (Å²) in [5, 5.41) is 2.70.